The van der Waals surface area contributed by atoms with E-state index in [4.69, 9.17) is 9.47 Å². The van der Waals surface area contributed by atoms with Crippen LogP contribution in [0.4, 0.5) is 5.13 Å². The molecule has 0 spiro atoms. The van der Waals surface area contributed by atoms with E-state index in [0.717, 1.165) is 21.5 Å². The van der Waals surface area contributed by atoms with Gasteiger partial charge < -0.3 is 9.47 Å². The van der Waals surface area contributed by atoms with Gasteiger partial charge in [0.2, 0.25) is 0 Å². The molecule has 1 atom stereocenters. The van der Waals surface area contributed by atoms with Gasteiger partial charge in [-0.05, 0) is 67.9 Å². The number of thiazole rings is 1. The van der Waals surface area contributed by atoms with E-state index in [1.165, 1.54) is 11.3 Å². The minimum Gasteiger partial charge on any atom is -0.481 e. The van der Waals surface area contributed by atoms with Crippen molar-refractivity contribution in [3.8, 4) is 17.2 Å². The minimum atomic E-state index is -0.662. The number of fused-ring (bicyclic) bond motifs is 1. The maximum atomic E-state index is 12.5. The second-order valence-electron chi connectivity index (χ2n) is 6.63. The Morgan fingerprint density at radius 3 is 2.41 bits per heavy atom. The van der Waals surface area contributed by atoms with E-state index in [-0.39, 0.29) is 5.91 Å². The first-order valence-corrected chi connectivity index (χ1v) is 10.1. The van der Waals surface area contributed by atoms with E-state index in [2.05, 4.69) is 16.4 Å². The number of carbonyl (C=O) groups is 1. The van der Waals surface area contributed by atoms with Crippen molar-refractivity contribution in [2.24, 2.45) is 0 Å². The highest BCUT2D eigenvalue weighted by Gasteiger charge is 2.17. The van der Waals surface area contributed by atoms with Crippen molar-refractivity contribution in [1.29, 1.82) is 0 Å². The number of benzene rings is 3. The summed E-state index contributed by atoms with van der Waals surface area (Å²) < 4.78 is 12.6. The van der Waals surface area contributed by atoms with Crippen LogP contribution in [-0.4, -0.2) is 17.0 Å². The molecule has 0 aliphatic heterocycles. The Balaban J connectivity index is 1.36. The Bertz CT molecular complexity index is 1120. The Hall–Kier alpha value is -3.38. The third-order valence-electron chi connectivity index (χ3n) is 4.26. The molecule has 0 aliphatic rings. The molecule has 0 saturated heterocycles. The predicted octanol–water partition coefficient (Wildman–Crippen LogP) is 5.80. The van der Waals surface area contributed by atoms with E-state index in [1.54, 1.807) is 19.1 Å². The number of nitrogens with zero attached hydrogens (tertiary/aromatic N) is 1. The average molecular weight is 404 g/mol. The van der Waals surface area contributed by atoms with Gasteiger partial charge in [-0.3, -0.25) is 10.1 Å². The van der Waals surface area contributed by atoms with Gasteiger partial charge in [-0.15, -0.1) is 0 Å². The summed E-state index contributed by atoms with van der Waals surface area (Å²) in [6.07, 6.45) is -0.662. The predicted molar refractivity (Wildman–Crippen MR) is 116 cm³/mol. The van der Waals surface area contributed by atoms with Crippen molar-refractivity contribution in [1.82, 2.24) is 4.98 Å². The van der Waals surface area contributed by atoms with Gasteiger partial charge in [0.25, 0.3) is 5.91 Å². The quantitative estimate of drug-likeness (QED) is 0.441. The van der Waals surface area contributed by atoms with Crippen LogP contribution in [-0.2, 0) is 4.79 Å². The van der Waals surface area contributed by atoms with Gasteiger partial charge in [-0.25, -0.2) is 4.98 Å². The number of para-hydroxylation sites is 1. The van der Waals surface area contributed by atoms with Crippen molar-refractivity contribution >= 4 is 32.6 Å². The number of amides is 1. The smallest absolute Gasteiger partial charge is 0.266 e. The molecule has 0 aliphatic carbocycles. The van der Waals surface area contributed by atoms with Gasteiger partial charge in [0, 0.05) is 0 Å². The van der Waals surface area contributed by atoms with Crippen LogP contribution in [0.3, 0.4) is 0 Å². The first-order valence-electron chi connectivity index (χ1n) is 9.24. The number of nitrogens with one attached hydrogen (secondary N) is 1. The SMILES string of the molecule is Cc1ccc2nc(NC(=O)C(C)Oc3ccc(Oc4ccccc4)cc3)sc2c1. The molecule has 0 bridgehead atoms. The monoisotopic (exact) mass is 404 g/mol. The summed E-state index contributed by atoms with van der Waals surface area (Å²) in [6, 6.07) is 22.7. The van der Waals surface area contributed by atoms with E-state index in [9.17, 15) is 4.79 Å². The Labute approximate surface area is 172 Å². The molecule has 4 aromatic rings. The summed E-state index contributed by atoms with van der Waals surface area (Å²) in [5.41, 5.74) is 2.04. The van der Waals surface area contributed by atoms with Gasteiger partial charge in [0.1, 0.15) is 17.2 Å². The Morgan fingerprint density at radius 2 is 1.66 bits per heavy atom. The number of anilines is 1. The molecular weight excluding hydrogens is 384 g/mol. The number of carbonyl (C=O) groups excluding carboxylic acids is 1. The lowest BCUT2D eigenvalue weighted by molar-refractivity contribution is -0.122. The summed E-state index contributed by atoms with van der Waals surface area (Å²) in [7, 11) is 0. The van der Waals surface area contributed by atoms with Crippen LogP contribution in [0.2, 0.25) is 0 Å². The van der Waals surface area contributed by atoms with Crippen molar-refractivity contribution in [2.45, 2.75) is 20.0 Å². The lowest BCUT2D eigenvalue weighted by Crippen LogP contribution is -2.30. The fourth-order valence-corrected chi connectivity index (χ4v) is 3.73. The summed E-state index contributed by atoms with van der Waals surface area (Å²) in [5, 5.41) is 3.40. The van der Waals surface area contributed by atoms with Crippen LogP contribution >= 0.6 is 11.3 Å². The summed E-state index contributed by atoms with van der Waals surface area (Å²) in [6.45, 7) is 3.74. The molecule has 146 valence electrons. The fraction of sp³-hybridized carbons (Fsp3) is 0.130. The molecule has 0 saturated carbocycles. The molecule has 1 N–H and O–H groups in total. The van der Waals surface area contributed by atoms with E-state index < -0.39 is 6.10 Å². The minimum absolute atomic E-state index is 0.245. The van der Waals surface area contributed by atoms with E-state index >= 15 is 0 Å². The number of rotatable bonds is 6. The number of aromatic nitrogens is 1. The lowest BCUT2D eigenvalue weighted by atomic mass is 10.2. The molecular formula is C23H20N2O3S. The molecule has 1 amide bonds. The zero-order valence-corrected chi connectivity index (χ0v) is 16.9. The van der Waals surface area contributed by atoms with Crippen LogP contribution in [0.5, 0.6) is 17.2 Å². The maximum absolute atomic E-state index is 12.5. The first kappa shape index (κ1) is 19.0. The molecule has 1 heterocycles. The molecule has 29 heavy (non-hydrogen) atoms. The average Bonchev–Trinajstić information content (AvgIpc) is 3.11. The van der Waals surface area contributed by atoms with Crippen LogP contribution in [0.25, 0.3) is 10.2 Å². The molecule has 3 aromatic carbocycles. The third kappa shape index (κ3) is 4.73. The van der Waals surface area contributed by atoms with Crippen molar-refractivity contribution in [2.75, 3.05) is 5.32 Å². The maximum Gasteiger partial charge on any atom is 0.266 e. The van der Waals surface area contributed by atoms with Crippen LogP contribution < -0.4 is 14.8 Å². The highest BCUT2D eigenvalue weighted by molar-refractivity contribution is 7.22. The third-order valence-corrected chi connectivity index (χ3v) is 5.19. The Kier molecular flexibility index (Phi) is 5.44. The van der Waals surface area contributed by atoms with E-state index in [1.807, 2.05) is 61.5 Å². The second-order valence-corrected chi connectivity index (χ2v) is 7.66. The van der Waals surface area contributed by atoms with Crippen molar-refractivity contribution in [3.05, 3.63) is 78.4 Å². The van der Waals surface area contributed by atoms with Crippen molar-refractivity contribution < 1.29 is 14.3 Å². The number of hydrogen-bond donors (Lipinski definition) is 1. The Morgan fingerprint density at radius 1 is 0.966 bits per heavy atom. The molecule has 1 unspecified atom stereocenters. The summed E-state index contributed by atoms with van der Waals surface area (Å²) >= 11 is 1.45. The number of hydrogen-bond acceptors (Lipinski definition) is 5. The van der Waals surface area contributed by atoms with Gasteiger partial charge in [0.15, 0.2) is 11.2 Å². The largest absolute Gasteiger partial charge is 0.481 e. The van der Waals surface area contributed by atoms with Gasteiger partial charge in [-0.1, -0.05) is 35.6 Å². The summed E-state index contributed by atoms with van der Waals surface area (Å²) in [5.74, 6) is 1.81. The lowest BCUT2D eigenvalue weighted by Gasteiger charge is -2.14. The highest BCUT2D eigenvalue weighted by Crippen LogP contribution is 2.27. The molecule has 6 heteroatoms. The second kappa shape index (κ2) is 8.32. The highest BCUT2D eigenvalue weighted by atomic mass is 32.1. The molecule has 0 fully saturated rings. The number of aryl methyl sites for hydroxylation is 1. The number of ether oxygens (including phenoxy) is 2. The zero-order chi connectivity index (χ0) is 20.2. The van der Waals surface area contributed by atoms with Crippen molar-refractivity contribution in [3.63, 3.8) is 0 Å². The summed E-state index contributed by atoms with van der Waals surface area (Å²) in [4.78, 5) is 16.9. The van der Waals surface area contributed by atoms with Gasteiger partial charge in [0.05, 0.1) is 10.2 Å². The van der Waals surface area contributed by atoms with Crippen LogP contribution in [0, 0.1) is 6.92 Å². The van der Waals surface area contributed by atoms with Gasteiger partial charge in [-0.2, -0.15) is 0 Å². The molecule has 1 aromatic heterocycles. The standard InChI is InChI=1S/C23H20N2O3S/c1-15-8-13-20-21(14-15)29-23(24-20)25-22(26)16(2)27-18-9-11-19(12-10-18)28-17-6-4-3-5-7-17/h3-14,16H,1-2H3,(H,24,25,26). The van der Waals surface area contributed by atoms with Crippen LogP contribution in [0.15, 0.2) is 72.8 Å². The van der Waals surface area contributed by atoms with Gasteiger partial charge >= 0.3 is 0 Å². The molecule has 4 rings (SSSR count). The molecule has 0 radical (unpaired) electrons. The topological polar surface area (TPSA) is 60.5 Å². The fourth-order valence-electron chi connectivity index (χ4n) is 2.76. The zero-order valence-electron chi connectivity index (χ0n) is 16.1. The normalized spacial score (nSPS) is 11.8. The molecule has 5 nitrogen and oxygen atoms in total. The van der Waals surface area contributed by atoms with Crippen LogP contribution in [0.1, 0.15) is 12.5 Å². The van der Waals surface area contributed by atoms with E-state index in [0.29, 0.717) is 16.6 Å². The first-order chi connectivity index (χ1) is 14.1.